The van der Waals surface area contributed by atoms with Gasteiger partial charge in [-0.2, -0.15) is 31.0 Å². The molecule has 0 saturated heterocycles. The lowest BCUT2D eigenvalue weighted by atomic mass is 10.1. The second-order valence-corrected chi connectivity index (χ2v) is 15.7. The van der Waals surface area contributed by atoms with Crippen LogP contribution in [0.1, 0.15) is 32.6 Å². The second-order valence-electron chi connectivity index (χ2n) is 14.0. The second kappa shape index (κ2) is 18.8. The molecule has 3 heterocycles. The van der Waals surface area contributed by atoms with Gasteiger partial charge in [0.25, 0.3) is 5.56 Å². The molecule has 65 heavy (non-hydrogen) atoms. The van der Waals surface area contributed by atoms with Crippen LogP contribution in [0, 0.1) is 0 Å². The number of carbonyl (C=O) groups is 1. The van der Waals surface area contributed by atoms with E-state index in [1.165, 1.54) is 18.7 Å². The topological polar surface area (TPSA) is 214 Å². The number of nitrogens with one attached hydrogen (secondary N) is 3. The zero-order chi connectivity index (χ0) is 47.4. The monoisotopic (exact) mass is 930 g/mol. The lowest BCUT2D eigenvalue weighted by Gasteiger charge is -2.17. The molecule has 0 atom stereocenters. The van der Waals surface area contributed by atoms with Gasteiger partial charge in [0.15, 0.2) is 0 Å². The first kappa shape index (κ1) is 47.2. The molecule has 0 radical (unpaired) electrons. The average Bonchev–Trinajstić information content (AvgIpc) is 3.96. The van der Waals surface area contributed by atoms with Crippen molar-refractivity contribution in [3.05, 3.63) is 147 Å². The van der Waals surface area contributed by atoms with Gasteiger partial charge in [-0.05, 0) is 35.4 Å². The summed E-state index contributed by atoms with van der Waals surface area (Å²) in [5.41, 5.74) is -0.832. The molecule has 4 N–H and O–H groups in total. The number of rotatable bonds is 12. The number of halogens is 6. The third kappa shape index (κ3) is 10.7. The van der Waals surface area contributed by atoms with Gasteiger partial charge in [-0.15, -0.1) is 0 Å². The number of H-pyrrole nitrogens is 1. The first-order chi connectivity index (χ1) is 30.6. The molecule has 0 amide bonds. The van der Waals surface area contributed by atoms with Crippen LogP contribution in [0.3, 0.4) is 0 Å². The Kier molecular flexibility index (Phi) is 13.7. The van der Waals surface area contributed by atoms with Gasteiger partial charge in [-0.1, -0.05) is 48.5 Å². The largest absolute Gasteiger partial charge is 0.465 e. The van der Waals surface area contributed by atoms with Crippen LogP contribution in [-0.4, -0.2) is 75.9 Å². The zero-order valence-corrected chi connectivity index (χ0v) is 35.1. The number of ether oxygens (including phenoxy) is 3. The molecule has 0 unspecified atom stereocenters. The van der Waals surface area contributed by atoms with E-state index in [0.29, 0.717) is 47.9 Å². The van der Waals surface area contributed by atoms with E-state index in [1.807, 2.05) is 12.1 Å². The highest BCUT2D eigenvalue weighted by atomic mass is 32.2. The highest BCUT2D eigenvalue weighted by Crippen LogP contribution is 2.39. The van der Waals surface area contributed by atoms with Crippen LogP contribution in [0.4, 0.5) is 32.0 Å². The number of sulfonamides is 1. The van der Waals surface area contributed by atoms with Gasteiger partial charge < -0.3 is 28.3 Å². The molecule has 0 aliphatic heterocycles. The molecular weight excluding hydrogens is 895 g/mol. The SMILES string of the molecule is COCc1ccc(-c2cn(-c3cc(C(=O)OC)c(NO)cc3C(F)(F)F)cn2)cc1.COCc1ccc(-c2cn(-c3cc4c(=O)n(NS(C)(=O)=O)c(=O)[nH]c4cc3C(F)(F)F)cn2)cc1. The van der Waals surface area contributed by atoms with Gasteiger partial charge >= 0.3 is 24.0 Å². The molecule has 7 rings (SSSR count). The van der Waals surface area contributed by atoms with Gasteiger partial charge in [0.1, 0.15) is 0 Å². The van der Waals surface area contributed by atoms with Crippen LogP contribution < -0.4 is 21.6 Å². The molecule has 17 nitrogen and oxygen atoms in total. The van der Waals surface area contributed by atoms with E-state index in [0.717, 1.165) is 52.1 Å². The predicted octanol–water partition coefficient (Wildman–Crippen LogP) is 6.50. The van der Waals surface area contributed by atoms with Crippen molar-refractivity contribution in [2.75, 3.05) is 37.9 Å². The minimum atomic E-state index is -4.84. The zero-order valence-electron chi connectivity index (χ0n) is 34.3. The Labute approximate surface area is 363 Å². The number of esters is 1. The molecule has 4 aromatic carbocycles. The Hall–Kier alpha value is -7.28. The molecular formula is C41H36F6N8O9S. The number of nitrogens with zero attached hydrogens (tertiary/aromatic N) is 5. The van der Waals surface area contributed by atoms with Crippen LogP contribution in [0.15, 0.2) is 107 Å². The molecule has 0 fully saturated rings. The lowest BCUT2D eigenvalue weighted by Crippen LogP contribution is -2.43. The van der Waals surface area contributed by atoms with E-state index < -0.39 is 67.6 Å². The number of methoxy groups -OCH3 is 3. The molecule has 342 valence electrons. The summed E-state index contributed by atoms with van der Waals surface area (Å²) in [6.45, 7) is 0.833. The summed E-state index contributed by atoms with van der Waals surface area (Å²) in [6.07, 6.45) is -3.71. The fourth-order valence-electron chi connectivity index (χ4n) is 6.43. The molecule has 0 aliphatic carbocycles. The van der Waals surface area contributed by atoms with Gasteiger partial charge in [-0.25, -0.2) is 32.8 Å². The Balaban J connectivity index is 0.000000218. The Bertz CT molecular complexity index is 3090. The first-order valence-corrected chi connectivity index (χ1v) is 20.4. The number of carbonyl (C=O) groups excluding carboxylic acids is 1. The number of aromatic amines is 1. The van der Waals surface area contributed by atoms with Gasteiger partial charge in [0, 0.05) is 37.7 Å². The van der Waals surface area contributed by atoms with E-state index in [-0.39, 0.29) is 21.3 Å². The number of fused-ring (bicyclic) bond motifs is 1. The molecule has 7 aromatic rings. The van der Waals surface area contributed by atoms with E-state index in [2.05, 4.69) is 19.7 Å². The number of hydrogen-bond acceptors (Lipinski definition) is 12. The Morgan fingerprint density at radius 3 is 1.66 bits per heavy atom. The van der Waals surface area contributed by atoms with Crippen LogP contribution in [0.5, 0.6) is 0 Å². The van der Waals surface area contributed by atoms with Crippen molar-refractivity contribution < 1.29 is 59.0 Å². The standard InChI is InChI=1S/C21H18F3N5O5S.C20H18F3N3O4/c1-34-10-12-3-5-13(6-4-12)17-9-28(11-25-17)18-7-14-16(8-15(18)21(22,23)24)26-20(31)29(19(14)30)27-35(2,32)33;1-29-10-12-3-5-13(6-4-12)17-9-26(11-24-17)18-7-14(19(27)30-2)16(25-28)8-15(18)20(21,22)23/h3-9,11,27H,10H2,1-2H3,(H,26,31);3-9,11,25,28H,10H2,1-2H3. The van der Waals surface area contributed by atoms with Gasteiger partial charge in [0.05, 0.1) is 95.3 Å². The highest BCUT2D eigenvalue weighted by Gasteiger charge is 2.37. The van der Waals surface area contributed by atoms with E-state index in [9.17, 15) is 54.4 Å². The average molecular weight is 931 g/mol. The summed E-state index contributed by atoms with van der Waals surface area (Å²) in [7, 11) is 0.190. The molecule has 24 heteroatoms. The third-order valence-electron chi connectivity index (χ3n) is 9.39. The molecule has 3 aromatic heterocycles. The normalized spacial score (nSPS) is 11.9. The lowest BCUT2D eigenvalue weighted by molar-refractivity contribution is -0.138. The van der Waals surface area contributed by atoms with Crippen molar-refractivity contribution >= 4 is 32.6 Å². The first-order valence-electron chi connectivity index (χ1n) is 18.5. The van der Waals surface area contributed by atoms with Crippen LogP contribution >= 0.6 is 0 Å². The fourth-order valence-corrected chi connectivity index (χ4v) is 6.92. The van der Waals surface area contributed by atoms with Crippen molar-refractivity contribution in [2.45, 2.75) is 25.6 Å². The smallest absolute Gasteiger partial charge is 0.418 e. The maximum atomic E-state index is 13.9. The Morgan fingerprint density at radius 2 is 1.23 bits per heavy atom. The van der Waals surface area contributed by atoms with Gasteiger partial charge in [0.2, 0.25) is 10.0 Å². The van der Waals surface area contributed by atoms with Crippen molar-refractivity contribution in [1.29, 1.82) is 0 Å². The number of benzene rings is 4. The summed E-state index contributed by atoms with van der Waals surface area (Å²) < 4.78 is 123. The third-order valence-corrected chi connectivity index (χ3v) is 9.90. The van der Waals surface area contributed by atoms with E-state index in [4.69, 9.17) is 9.47 Å². The van der Waals surface area contributed by atoms with Crippen molar-refractivity contribution in [3.63, 3.8) is 0 Å². The Morgan fingerprint density at radius 1 is 0.754 bits per heavy atom. The summed E-state index contributed by atoms with van der Waals surface area (Å²) in [6, 6.07) is 17.5. The summed E-state index contributed by atoms with van der Waals surface area (Å²) >= 11 is 0. The van der Waals surface area contributed by atoms with Crippen LogP contribution in [0.25, 0.3) is 44.8 Å². The van der Waals surface area contributed by atoms with Crippen LogP contribution in [0.2, 0.25) is 0 Å². The van der Waals surface area contributed by atoms with Crippen molar-refractivity contribution in [2.24, 2.45) is 0 Å². The minimum Gasteiger partial charge on any atom is -0.465 e. The fraction of sp³-hybridized carbons (Fsp3) is 0.195. The minimum absolute atomic E-state index is 0.176. The van der Waals surface area contributed by atoms with Crippen LogP contribution in [-0.2, 0) is 49.8 Å². The number of aromatic nitrogens is 6. The number of imidazole rings is 2. The number of alkyl halides is 6. The maximum absolute atomic E-state index is 13.9. The summed E-state index contributed by atoms with van der Waals surface area (Å²) in [5, 5.41) is 8.83. The molecule has 0 aliphatic rings. The van der Waals surface area contributed by atoms with E-state index >= 15 is 0 Å². The molecule has 0 saturated carbocycles. The number of anilines is 1. The number of hydrogen-bond donors (Lipinski definition) is 4. The predicted molar refractivity (Wildman–Crippen MR) is 223 cm³/mol. The highest BCUT2D eigenvalue weighted by molar-refractivity contribution is 7.91. The molecule has 0 bridgehead atoms. The van der Waals surface area contributed by atoms with Crippen molar-refractivity contribution in [3.8, 4) is 33.9 Å². The summed E-state index contributed by atoms with van der Waals surface area (Å²) in [5.74, 6) is -0.907. The maximum Gasteiger partial charge on any atom is 0.418 e. The van der Waals surface area contributed by atoms with Crippen molar-refractivity contribution in [1.82, 2.24) is 28.8 Å². The molecule has 0 spiro atoms. The summed E-state index contributed by atoms with van der Waals surface area (Å²) in [4.78, 5) is 49.1. The van der Waals surface area contributed by atoms with Gasteiger partial charge in [-0.3, -0.25) is 15.5 Å². The van der Waals surface area contributed by atoms with E-state index in [1.54, 1.807) is 60.9 Å². The quantitative estimate of drug-likeness (QED) is 0.0587.